The minimum Gasteiger partial charge on any atom is -0.452 e. The zero-order valence-corrected chi connectivity index (χ0v) is 19.1. The first-order valence-electron chi connectivity index (χ1n) is 10.8. The number of nitrogens with one attached hydrogen (secondary N) is 1. The van der Waals surface area contributed by atoms with Crippen LogP contribution in [0.2, 0.25) is 0 Å². The van der Waals surface area contributed by atoms with Gasteiger partial charge in [0, 0.05) is 17.3 Å². The number of carbonyl (C=O) groups excluding carboxylic acids is 2. The molecule has 4 rings (SSSR count). The molecule has 2 aromatic heterocycles. The van der Waals surface area contributed by atoms with E-state index in [1.165, 1.54) is 0 Å². The molecular formula is C26H26N4O3. The summed E-state index contributed by atoms with van der Waals surface area (Å²) in [6.45, 7) is 7.51. The average Bonchev–Trinajstić information content (AvgIpc) is 3.25. The largest absolute Gasteiger partial charge is 0.452 e. The zero-order chi connectivity index (χ0) is 23.5. The summed E-state index contributed by atoms with van der Waals surface area (Å²) in [5.41, 5.74) is 5.17. The van der Waals surface area contributed by atoms with Crippen molar-refractivity contribution in [2.75, 3.05) is 11.9 Å². The zero-order valence-electron chi connectivity index (χ0n) is 19.1. The topological polar surface area (TPSA) is 86.1 Å². The minimum absolute atomic E-state index is 0.0632. The normalized spacial score (nSPS) is 11.1. The van der Waals surface area contributed by atoms with Gasteiger partial charge in [0.25, 0.3) is 5.91 Å². The first kappa shape index (κ1) is 22.2. The van der Waals surface area contributed by atoms with Gasteiger partial charge in [-0.2, -0.15) is 5.10 Å². The third kappa shape index (κ3) is 4.62. The summed E-state index contributed by atoms with van der Waals surface area (Å²) in [7, 11) is 0. The molecule has 0 atom stereocenters. The quantitative estimate of drug-likeness (QED) is 0.420. The Labute approximate surface area is 192 Å². The minimum atomic E-state index is -0.598. The molecule has 1 N–H and O–H groups in total. The van der Waals surface area contributed by atoms with E-state index < -0.39 is 18.5 Å². The van der Waals surface area contributed by atoms with E-state index in [2.05, 4.69) is 10.4 Å². The van der Waals surface area contributed by atoms with Crippen LogP contribution < -0.4 is 5.32 Å². The highest BCUT2D eigenvalue weighted by Gasteiger charge is 2.20. The molecule has 0 aliphatic heterocycles. The Hall–Kier alpha value is -4.00. The summed E-state index contributed by atoms with van der Waals surface area (Å²) >= 11 is 0. The highest BCUT2D eigenvalue weighted by molar-refractivity contribution is 6.05. The van der Waals surface area contributed by atoms with Crippen LogP contribution in [-0.2, 0) is 9.53 Å². The van der Waals surface area contributed by atoms with Crippen molar-refractivity contribution >= 4 is 28.6 Å². The first-order chi connectivity index (χ1) is 15.8. The second-order valence-corrected chi connectivity index (χ2v) is 8.21. The first-order valence-corrected chi connectivity index (χ1v) is 10.8. The van der Waals surface area contributed by atoms with E-state index in [1.54, 1.807) is 16.9 Å². The molecule has 2 heterocycles. The van der Waals surface area contributed by atoms with Crippen LogP contribution >= 0.6 is 0 Å². The third-order valence-corrected chi connectivity index (χ3v) is 5.56. The number of esters is 1. The van der Waals surface area contributed by atoms with Gasteiger partial charge in [0.1, 0.15) is 0 Å². The fraction of sp³-hybridized carbons (Fsp3) is 0.231. The molecule has 1 amide bonds. The predicted molar refractivity (Wildman–Crippen MR) is 128 cm³/mol. The number of fused-ring (bicyclic) bond motifs is 1. The standard InChI is InChI=1S/C26H26N4O3/c1-16(2)30-25-21(14-27-30)20(13-23(29-25)19-10-6-5-7-11-19)26(32)33-15-24(31)28-22-12-8-9-17(3)18(22)4/h5-14,16H,15H2,1-4H3,(H,28,31). The third-order valence-electron chi connectivity index (χ3n) is 5.56. The number of pyridine rings is 1. The van der Waals surface area contributed by atoms with Crippen molar-refractivity contribution in [3.63, 3.8) is 0 Å². The number of aromatic nitrogens is 3. The van der Waals surface area contributed by atoms with Gasteiger partial charge < -0.3 is 10.1 Å². The Balaban J connectivity index is 1.60. The number of benzene rings is 2. The lowest BCUT2D eigenvalue weighted by Gasteiger charge is -2.12. The second kappa shape index (κ2) is 9.24. The van der Waals surface area contributed by atoms with Crippen molar-refractivity contribution in [2.45, 2.75) is 33.7 Å². The highest BCUT2D eigenvalue weighted by atomic mass is 16.5. The SMILES string of the molecule is Cc1cccc(NC(=O)COC(=O)c2cc(-c3ccccc3)nc3c2cnn3C(C)C)c1C. The molecule has 2 aromatic carbocycles. The molecule has 33 heavy (non-hydrogen) atoms. The number of hydrogen-bond donors (Lipinski definition) is 1. The van der Waals surface area contributed by atoms with Crippen molar-refractivity contribution in [1.29, 1.82) is 0 Å². The van der Waals surface area contributed by atoms with Crippen LogP contribution in [0.5, 0.6) is 0 Å². The van der Waals surface area contributed by atoms with Crippen molar-refractivity contribution in [3.05, 3.63) is 77.5 Å². The van der Waals surface area contributed by atoms with Crippen LogP contribution in [0.3, 0.4) is 0 Å². The number of hydrogen-bond acceptors (Lipinski definition) is 5. The number of nitrogens with zero attached hydrogens (tertiary/aromatic N) is 3. The fourth-order valence-corrected chi connectivity index (χ4v) is 3.60. The number of carbonyl (C=O) groups is 2. The van der Waals surface area contributed by atoms with Gasteiger partial charge in [-0.3, -0.25) is 4.79 Å². The lowest BCUT2D eigenvalue weighted by molar-refractivity contribution is -0.119. The molecule has 0 fully saturated rings. The van der Waals surface area contributed by atoms with Crippen LogP contribution in [0.4, 0.5) is 5.69 Å². The summed E-state index contributed by atoms with van der Waals surface area (Å²) < 4.78 is 7.15. The van der Waals surface area contributed by atoms with Gasteiger partial charge in [-0.25, -0.2) is 14.5 Å². The van der Waals surface area contributed by atoms with E-state index >= 15 is 0 Å². The molecule has 168 valence electrons. The van der Waals surface area contributed by atoms with Gasteiger partial charge in [-0.05, 0) is 51.0 Å². The lowest BCUT2D eigenvalue weighted by atomic mass is 10.1. The predicted octanol–water partition coefficient (Wildman–Crippen LogP) is 5.09. The van der Waals surface area contributed by atoms with Gasteiger partial charge in [0.2, 0.25) is 0 Å². The maximum atomic E-state index is 13.0. The van der Waals surface area contributed by atoms with E-state index in [1.807, 2.05) is 76.2 Å². The van der Waals surface area contributed by atoms with Crippen LogP contribution in [0.25, 0.3) is 22.3 Å². The molecule has 0 bridgehead atoms. The van der Waals surface area contributed by atoms with Crippen LogP contribution in [0.15, 0.2) is 60.8 Å². The van der Waals surface area contributed by atoms with Crippen LogP contribution in [0, 0.1) is 13.8 Å². The van der Waals surface area contributed by atoms with E-state index in [4.69, 9.17) is 9.72 Å². The summed E-state index contributed by atoms with van der Waals surface area (Å²) in [6, 6.07) is 17.0. The van der Waals surface area contributed by atoms with Crippen LogP contribution in [-0.4, -0.2) is 33.2 Å². The van der Waals surface area contributed by atoms with E-state index in [-0.39, 0.29) is 6.04 Å². The van der Waals surface area contributed by atoms with Gasteiger partial charge in [-0.1, -0.05) is 42.5 Å². The molecule has 0 saturated carbocycles. The number of ether oxygens (including phenoxy) is 1. The number of rotatable bonds is 6. The number of amides is 1. The van der Waals surface area contributed by atoms with Crippen molar-refractivity contribution in [3.8, 4) is 11.3 Å². The average molecular weight is 443 g/mol. The monoisotopic (exact) mass is 442 g/mol. The second-order valence-electron chi connectivity index (χ2n) is 8.21. The maximum absolute atomic E-state index is 13.0. The molecule has 7 nitrogen and oxygen atoms in total. The Bertz CT molecular complexity index is 1330. The number of aryl methyl sites for hydroxylation is 1. The smallest absolute Gasteiger partial charge is 0.339 e. The van der Waals surface area contributed by atoms with E-state index in [0.717, 1.165) is 16.7 Å². The lowest BCUT2D eigenvalue weighted by Crippen LogP contribution is -2.21. The van der Waals surface area contributed by atoms with E-state index in [9.17, 15) is 9.59 Å². The highest BCUT2D eigenvalue weighted by Crippen LogP contribution is 2.27. The van der Waals surface area contributed by atoms with Gasteiger partial charge in [-0.15, -0.1) is 0 Å². The molecule has 4 aromatic rings. The van der Waals surface area contributed by atoms with Crippen molar-refractivity contribution in [1.82, 2.24) is 14.8 Å². The van der Waals surface area contributed by atoms with Crippen molar-refractivity contribution < 1.29 is 14.3 Å². The Morgan fingerprint density at radius 2 is 1.82 bits per heavy atom. The summed E-state index contributed by atoms with van der Waals surface area (Å²) in [6.07, 6.45) is 1.61. The fourth-order valence-electron chi connectivity index (χ4n) is 3.60. The van der Waals surface area contributed by atoms with Gasteiger partial charge in [0.05, 0.1) is 22.8 Å². The molecular weight excluding hydrogens is 416 g/mol. The molecule has 0 saturated heterocycles. The molecule has 0 aliphatic rings. The summed E-state index contributed by atoms with van der Waals surface area (Å²) in [4.78, 5) is 30.2. The number of anilines is 1. The molecule has 0 unspecified atom stereocenters. The maximum Gasteiger partial charge on any atom is 0.339 e. The van der Waals surface area contributed by atoms with Crippen molar-refractivity contribution in [2.24, 2.45) is 0 Å². The Morgan fingerprint density at radius 1 is 1.06 bits per heavy atom. The van der Waals surface area contributed by atoms with E-state index in [0.29, 0.717) is 28.0 Å². The Kier molecular flexibility index (Phi) is 6.22. The van der Waals surface area contributed by atoms with Gasteiger partial charge in [0.15, 0.2) is 12.3 Å². The van der Waals surface area contributed by atoms with Gasteiger partial charge >= 0.3 is 5.97 Å². The molecule has 0 aliphatic carbocycles. The Morgan fingerprint density at radius 3 is 2.55 bits per heavy atom. The molecule has 0 radical (unpaired) electrons. The molecule has 0 spiro atoms. The molecule has 7 heteroatoms. The summed E-state index contributed by atoms with van der Waals surface area (Å²) in [5.74, 6) is -0.998. The van der Waals surface area contributed by atoms with Crippen LogP contribution in [0.1, 0.15) is 41.4 Å². The summed E-state index contributed by atoms with van der Waals surface area (Å²) in [5, 5.41) is 7.80.